The van der Waals surface area contributed by atoms with E-state index in [0.717, 1.165) is 52.4 Å². The maximum absolute atomic E-state index is 10.6. The molecule has 0 aliphatic carbocycles. The Kier molecular flexibility index (Phi) is 6.70. The minimum Gasteiger partial charge on any atom is -0.497 e. The first-order valence-corrected chi connectivity index (χ1v) is 10.7. The summed E-state index contributed by atoms with van der Waals surface area (Å²) in [5.41, 5.74) is 3.80. The van der Waals surface area contributed by atoms with Crippen LogP contribution in [0.2, 0.25) is 0 Å². The van der Waals surface area contributed by atoms with Gasteiger partial charge in [-0.15, -0.1) is 0 Å². The van der Waals surface area contributed by atoms with Gasteiger partial charge in [0.25, 0.3) is 0 Å². The molecule has 164 valence electrons. The predicted octanol–water partition coefficient (Wildman–Crippen LogP) is 5.72. The van der Waals surface area contributed by atoms with Gasteiger partial charge in [-0.3, -0.25) is 9.36 Å². The number of carbonyl (C=O) groups is 1. The van der Waals surface area contributed by atoms with Crippen LogP contribution in [0.3, 0.4) is 0 Å². The minimum atomic E-state index is -0.753. The summed E-state index contributed by atoms with van der Waals surface area (Å²) in [7, 11) is 1.66. The Hall–Kier alpha value is -3.80. The van der Waals surface area contributed by atoms with Crippen LogP contribution in [0.15, 0.2) is 72.8 Å². The van der Waals surface area contributed by atoms with Crippen LogP contribution in [-0.4, -0.2) is 34.3 Å². The molecule has 0 saturated heterocycles. The zero-order chi connectivity index (χ0) is 22.3. The third-order valence-electron chi connectivity index (χ3n) is 5.27. The van der Waals surface area contributed by atoms with Crippen LogP contribution < -0.4 is 9.47 Å². The number of nitrogens with zero attached hydrogens (tertiary/aromatic N) is 2. The first-order valence-electron chi connectivity index (χ1n) is 10.7. The molecule has 0 aliphatic rings. The van der Waals surface area contributed by atoms with Gasteiger partial charge in [0.1, 0.15) is 17.3 Å². The molecule has 0 unspecified atom stereocenters. The number of benzene rings is 3. The van der Waals surface area contributed by atoms with Crippen molar-refractivity contribution >= 4 is 17.0 Å². The van der Waals surface area contributed by atoms with Crippen LogP contribution in [-0.2, 0) is 4.79 Å². The molecular formula is C26H26N2O4. The van der Waals surface area contributed by atoms with E-state index in [1.54, 1.807) is 7.11 Å². The van der Waals surface area contributed by atoms with Crippen molar-refractivity contribution in [1.29, 1.82) is 0 Å². The van der Waals surface area contributed by atoms with E-state index in [4.69, 9.17) is 19.6 Å². The lowest BCUT2D eigenvalue weighted by molar-refractivity contribution is -0.137. The summed E-state index contributed by atoms with van der Waals surface area (Å²) in [6, 6.07) is 23.9. The van der Waals surface area contributed by atoms with E-state index in [0.29, 0.717) is 13.0 Å². The number of methoxy groups -OCH3 is 1. The van der Waals surface area contributed by atoms with Gasteiger partial charge in [-0.05, 0) is 43.5 Å². The summed E-state index contributed by atoms with van der Waals surface area (Å²) >= 11 is 0. The average molecular weight is 431 g/mol. The maximum atomic E-state index is 10.6. The third-order valence-corrected chi connectivity index (χ3v) is 5.27. The van der Waals surface area contributed by atoms with Crippen molar-refractivity contribution in [3.63, 3.8) is 0 Å². The molecule has 4 aromatic rings. The highest BCUT2D eigenvalue weighted by atomic mass is 16.5. The number of aliphatic carboxylic acids is 1. The molecule has 0 fully saturated rings. The molecule has 0 aliphatic heterocycles. The molecule has 6 heteroatoms. The number of hydrogen-bond donors (Lipinski definition) is 1. The fraction of sp³-hybridized carbons (Fsp3) is 0.231. The molecule has 32 heavy (non-hydrogen) atoms. The Morgan fingerprint density at radius 1 is 0.938 bits per heavy atom. The van der Waals surface area contributed by atoms with Gasteiger partial charge in [-0.2, -0.15) is 0 Å². The lowest BCUT2D eigenvalue weighted by Crippen LogP contribution is -2.00. The van der Waals surface area contributed by atoms with Gasteiger partial charge in [0.05, 0.1) is 30.4 Å². The second kappa shape index (κ2) is 10.0. The Morgan fingerprint density at radius 2 is 1.78 bits per heavy atom. The number of ether oxygens (including phenoxy) is 2. The van der Waals surface area contributed by atoms with Gasteiger partial charge >= 0.3 is 5.97 Å². The third kappa shape index (κ3) is 4.91. The van der Waals surface area contributed by atoms with Gasteiger partial charge in [0, 0.05) is 24.1 Å². The molecule has 0 radical (unpaired) electrons. The number of imidazole rings is 1. The smallest absolute Gasteiger partial charge is 0.303 e. The van der Waals surface area contributed by atoms with E-state index < -0.39 is 5.97 Å². The van der Waals surface area contributed by atoms with Crippen molar-refractivity contribution in [3.05, 3.63) is 72.8 Å². The largest absolute Gasteiger partial charge is 0.497 e. The Balaban J connectivity index is 1.66. The van der Waals surface area contributed by atoms with Gasteiger partial charge in [-0.1, -0.05) is 36.4 Å². The summed E-state index contributed by atoms with van der Waals surface area (Å²) in [6.45, 7) is 0.546. The van der Waals surface area contributed by atoms with E-state index in [2.05, 4.69) is 4.57 Å². The van der Waals surface area contributed by atoms with Crippen molar-refractivity contribution in [3.8, 4) is 28.6 Å². The van der Waals surface area contributed by atoms with Crippen molar-refractivity contribution in [2.45, 2.75) is 25.7 Å². The second-order valence-electron chi connectivity index (χ2n) is 7.54. The van der Waals surface area contributed by atoms with Crippen molar-refractivity contribution in [1.82, 2.24) is 9.55 Å². The van der Waals surface area contributed by atoms with E-state index >= 15 is 0 Å². The fourth-order valence-electron chi connectivity index (χ4n) is 3.68. The molecule has 0 atom stereocenters. The topological polar surface area (TPSA) is 73.6 Å². The van der Waals surface area contributed by atoms with Crippen LogP contribution in [0.4, 0.5) is 0 Å². The highest BCUT2D eigenvalue weighted by molar-refractivity contribution is 5.84. The van der Waals surface area contributed by atoms with Crippen LogP contribution in [0, 0.1) is 0 Å². The number of hydrogen-bond acceptors (Lipinski definition) is 4. The molecule has 0 bridgehead atoms. The molecule has 6 nitrogen and oxygen atoms in total. The number of fused-ring (bicyclic) bond motifs is 1. The number of unbranched alkanes of at least 4 members (excludes halogenated alkanes) is 2. The van der Waals surface area contributed by atoms with Gasteiger partial charge < -0.3 is 14.6 Å². The summed E-state index contributed by atoms with van der Waals surface area (Å²) in [5.74, 6) is 1.63. The quantitative estimate of drug-likeness (QED) is 0.326. The normalized spacial score (nSPS) is 10.9. The lowest BCUT2D eigenvalue weighted by Gasteiger charge is -2.12. The van der Waals surface area contributed by atoms with E-state index in [-0.39, 0.29) is 6.42 Å². The number of aromatic nitrogens is 2. The first kappa shape index (κ1) is 21.4. The van der Waals surface area contributed by atoms with Crippen molar-refractivity contribution < 1.29 is 19.4 Å². The van der Waals surface area contributed by atoms with Crippen LogP contribution in [0.1, 0.15) is 25.7 Å². The summed E-state index contributed by atoms with van der Waals surface area (Å²) in [5, 5.41) is 8.74. The predicted molar refractivity (Wildman–Crippen MR) is 125 cm³/mol. The first-order chi connectivity index (χ1) is 15.7. The highest BCUT2D eigenvalue weighted by Crippen LogP contribution is 2.32. The van der Waals surface area contributed by atoms with Crippen LogP contribution in [0.5, 0.6) is 11.5 Å². The summed E-state index contributed by atoms with van der Waals surface area (Å²) < 4.78 is 13.5. The van der Waals surface area contributed by atoms with E-state index in [1.807, 2.05) is 72.8 Å². The number of carboxylic acids is 1. The summed E-state index contributed by atoms with van der Waals surface area (Å²) in [6.07, 6.45) is 2.51. The zero-order valence-electron chi connectivity index (χ0n) is 18.0. The van der Waals surface area contributed by atoms with Crippen molar-refractivity contribution in [2.75, 3.05) is 13.7 Å². The second-order valence-corrected chi connectivity index (χ2v) is 7.54. The monoisotopic (exact) mass is 430 g/mol. The SMILES string of the molecule is COc1cccc(-n2c(-c3ccccc3)nc3ccc(OCCCCCC(=O)O)cc32)c1. The maximum Gasteiger partial charge on any atom is 0.303 e. The van der Waals surface area contributed by atoms with E-state index in [9.17, 15) is 4.79 Å². The standard InChI is InChI=1S/C26H26N2O4/c1-31-21-12-8-11-20(17-21)28-24-18-22(32-16-7-3-6-13-25(29)30)14-15-23(24)27-26(28)19-9-4-2-5-10-19/h2,4-5,8-12,14-15,17-18H,3,6-7,13,16H2,1H3,(H,29,30). The summed E-state index contributed by atoms with van der Waals surface area (Å²) in [4.78, 5) is 15.5. The Morgan fingerprint density at radius 3 is 2.56 bits per heavy atom. The van der Waals surface area contributed by atoms with E-state index in [1.165, 1.54) is 0 Å². The minimum absolute atomic E-state index is 0.202. The van der Waals surface area contributed by atoms with Crippen LogP contribution >= 0.6 is 0 Å². The molecule has 0 saturated carbocycles. The highest BCUT2D eigenvalue weighted by Gasteiger charge is 2.15. The zero-order valence-corrected chi connectivity index (χ0v) is 18.0. The Labute approximate surface area is 187 Å². The average Bonchev–Trinajstić information content (AvgIpc) is 3.20. The molecule has 1 N–H and O–H groups in total. The van der Waals surface area contributed by atoms with Gasteiger partial charge in [0.2, 0.25) is 0 Å². The molecular weight excluding hydrogens is 404 g/mol. The molecule has 3 aromatic carbocycles. The number of rotatable bonds is 10. The lowest BCUT2D eigenvalue weighted by atomic mass is 10.2. The molecule has 1 aromatic heterocycles. The molecule has 0 spiro atoms. The van der Waals surface area contributed by atoms with Crippen LogP contribution in [0.25, 0.3) is 28.1 Å². The molecule has 1 heterocycles. The van der Waals surface area contributed by atoms with Gasteiger partial charge in [0.15, 0.2) is 0 Å². The fourth-order valence-corrected chi connectivity index (χ4v) is 3.68. The molecule has 4 rings (SSSR count). The molecule has 0 amide bonds. The van der Waals surface area contributed by atoms with Gasteiger partial charge in [-0.25, -0.2) is 4.98 Å². The van der Waals surface area contributed by atoms with Crippen molar-refractivity contribution in [2.24, 2.45) is 0 Å². The number of carboxylic acid groups (broad SMARTS) is 1. The Bertz CT molecular complexity index is 1200.